The molecule has 1 fully saturated rings. The van der Waals surface area contributed by atoms with Crippen molar-refractivity contribution in [1.82, 2.24) is 15.5 Å². The fourth-order valence-electron chi connectivity index (χ4n) is 3.01. The molecule has 1 aromatic carbocycles. The van der Waals surface area contributed by atoms with Gasteiger partial charge in [0.25, 0.3) is 0 Å². The smallest absolute Gasteiger partial charge is 0.191 e. The van der Waals surface area contributed by atoms with Crippen LogP contribution in [-0.2, 0) is 4.74 Å². The highest BCUT2D eigenvalue weighted by Gasteiger charge is 2.09. The van der Waals surface area contributed by atoms with Crippen LogP contribution in [0.4, 0.5) is 0 Å². The molecule has 0 saturated carbocycles. The van der Waals surface area contributed by atoms with Crippen LogP contribution in [0.2, 0.25) is 0 Å². The molecule has 0 unspecified atom stereocenters. The number of ether oxygens (including phenoxy) is 2. The molecule has 1 saturated heterocycles. The third-order valence-electron chi connectivity index (χ3n) is 4.21. The third kappa shape index (κ3) is 8.06. The Labute approximate surface area is 158 Å². The maximum Gasteiger partial charge on any atom is 0.191 e. The van der Waals surface area contributed by atoms with Crippen molar-refractivity contribution in [3.63, 3.8) is 0 Å². The van der Waals surface area contributed by atoms with E-state index in [1.54, 1.807) is 0 Å². The molecule has 1 aromatic rings. The van der Waals surface area contributed by atoms with Crippen LogP contribution in [0.25, 0.3) is 0 Å². The Kier molecular flexibility index (Phi) is 9.28. The maximum absolute atomic E-state index is 5.84. The number of nitrogens with zero attached hydrogens (tertiary/aromatic N) is 2. The second-order valence-electron chi connectivity index (χ2n) is 6.67. The Hall–Kier alpha value is -1.79. The number of hydrogen-bond acceptors (Lipinski definition) is 4. The van der Waals surface area contributed by atoms with Gasteiger partial charge in [0.1, 0.15) is 12.4 Å². The molecule has 1 aliphatic heterocycles. The number of rotatable bonds is 9. The van der Waals surface area contributed by atoms with E-state index in [1.165, 1.54) is 11.1 Å². The van der Waals surface area contributed by atoms with Gasteiger partial charge in [-0.3, -0.25) is 9.89 Å². The van der Waals surface area contributed by atoms with E-state index in [0.717, 1.165) is 70.6 Å². The van der Waals surface area contributed by atoms with Crippen LogP contribution < -0.4 is 15.4 Å². The van der Waals surface area contributed by atoms with Gasteiger partial charge >= 0.3 is 0 Å². The first kappa shape index (κ1) is 20.5. The van der Waals surface area contributed by atoms with Gasteiger partial charge in [0.15, 0.2) is 5.96 Å². The molecule has 0 bridgehead atoms. The lowest BCUT2D eigenvalue weighted by Crippen LogP contribution is -2.40. The molecule has 146 valence electrons. The minimum absolute atomic E-state index is 0.612. The highest BCUT2D eigenvalue weighted by Crippen LogP contribution is 2.15. The topological polar surface area (TPSA) is 58.1 Å². The molecule has 6 heteroatoms. The van der Waals surface area contributed by atoms with Gasteiger partial charge < -0.3 is 20.1 Å². The molecular formula is C20H34N4O2. The first-order valence-corrected chi connectivity index (χ1v) is 9.70. The highest BCUT2D eigenvalue weighted by molar-refractivity contribution is 5.79. The summed E-state index contributed by atoms with van der Waals surface area (Å²) < 4.78 is 11.2. The van der Waals surface area contributed by atoms with Crippen LogP contribution in [0, 0.1) is 13.8 Å². The molecule has 0 atom stereocenters. The van der Waals surface area contributed by atoms with E-state index in [2.05, 4.69) is 59.5 Å². The predicted molar refractivity (Wildman–Crippen MR) is 107 cm³/mol. The lowest BCUT2D eigenvalue weighted by atomic mass is 10.1. The molecule has 0 radical (unpaired) electrons. The quantitative estimate of drug-likeness (QED) is 0.400. The zero-order valence-electron chi connectivity index (χ0n) is 16.5. The maximum atomic E-state index is 5.84. The van der Waals surface area contributed by atoms with Crippen LogP contribution in [0.15, 0.2) is 23.2 Å². The molecule has 26 heavy (non-hydrogen) atoms. The summed E-state index contributed by atoms with van der Waals surface area (Å²) in [6.45, 7) is 14.1. The van der Waals surface area contributed by atoms with Crippen molar-refractivity contribution in [2.45, 2.75) is 27.2 Å². The van der Waals surface area contributed by atoms with E-state index >= 15 is 0 Å². The normalized spacial score (nSPS) is 15.7. The van der Waals surface area contributed by atoms with Gasteiger partial charge in [-0.25, -0.2) is 0 Å². The lowest BCUT2D eigenvalue weighted by molar-refractivity contribution is 0.0377. The van der Waals surface area contributed by atoms with Crippen molar-refractivity contribution >= 4 is 5.96 Å². The average Bonchev–Trinajstić information content (AvgIpc) is 2.62. The molecule has 0 aliphatic carbocycles. The summed E-state index contributed by atoms with van der Waals surface area (Å²) in [5.41, 5.74) is 2.45. The lowest BCUT2D eigenvalue weighted by Gasteiger charge is -2.26. The fraction of sp³-hybridized carbons (Fsp3) is 0.650. The first-order valence-electron chi connectivity index (χ1n) is 9.70. The Morgan fingerprint density at radius 3 is 2.58 bits per heavy atom. The number of benzene rings is 1. The van der Waals surface area contributed by atoms with Gasteiger partial charge in [-0.15, -0.1) is 0 Å². The average molecular weight is 363 g/mol. The van der Waals surface area contributed by atoms with Crippen LogP contribution in [0.1, 0.15) is 24.5 Å². The van der Waals surface area contributed by atoms with Crippen LogP contribution >= 0.6 is 0 Å². The van der Waals surface area contributed by atoms with Crippen molar-refractivity contribution in [3.05, 3.63) is 29.3 Å². The SMILES string of the molecule is CCNC(=NCCCN1CCOCC1)NCCOc1cc(C)cc(C)c1. The number of nitrogens with one attached hydrogen (secondary N) is 2. The fourth-order valence-corrected chi connectivity index (χ4v) is 3.01. The van der Waals surface area contributed by atoms with Crippen molar-refractivity contribution in [1.29, 1.82) is 0 Å². The summed E-state index contributed by atoms with van der Waals surface area (Å²) in [7, 11) is 0. The van der Waals surface area contributed by atoms with E-state index < -0.39 is 0 Å². The molecule has 0 spiro atoms. The van der Waals surface area contributed by atoms with Gasteiger partial charge in [0.05, 0.1) is 19.8 Å². The molecule has 0 amide bonds. The number of aliphatic imine (C=N–C) groups is 1. The zero-order valence-corrected chi connectivity index (χ0v) is 16.5. The number of aryl methyl sites for hydroxylation is 2. The van der Waals surface area contributed by atoms with Gasteiger partial charge in [-0.05, 0) is 50.5 Å². The summed E-state index contributed by atoms with van der Waals surface area (Å²) in [5, 5.41) is 6.63. The van der Waals surface area contributed by atoms with Crippen LogP contribution in [-0.4, -0.2) is 69.9 Å². The summed E-state index contributed by atoms with van der Waals surface area (Å²) in [6.07, 6.45) is 1.07. The molecule has 1 heterocycles. The molecule has 2 rings (SSSR count). The first-order chi connectivity index (χ1) is 12.7. The number of guanidine groups is 1. The van der Waals surface area contributed by atoms with Gasteiger partial charge in [-0.1, -0.05) is 6.07 Å². The van der Waals surface area contributed by atoms with Gasteiger partial charge in [0.2, 0.25) is 0 Å². The van der Waals surface area contributed by atoms with Gasteiger partial charge in [-0.2, -0.15) is 0 Å². The minimum atomic E-state index is 0.612. The molecular weight excluding hydrogens is 328 g/mol. The number of morpholine rings is 1. The van der Waals surface area contributed by atoms with Crippen molar-refractivity contribution in [2.75, 3.05) is 59.1 Å². The Balaban J connectivity index is 1.65. The number of hydrogen-bond donors (Lipinski definition) is 2. The predicted octanol–water partition coefficient (Wildman–Crippen LogP) is 1.96. The zero-order chi connectivity index (χ0) is 18.6. The van der Waals surface area contributed by atoms with E-state index in [9.17, 15) is 0 Å². The largest absolute Gasteiger partial charge is 0.492 e. The Morgan fingerprint density at radius 2 is 1.88 bits per heavy atom. The standard InChI is InChI=1S/C20H34N4O2/c1-4-21-20(22-6-5-8-24-9-12-25-13-10-24)23-7-11-26-19-15-17(2)14-18(3)16-19/h14-16H,4-13H2,1-3H3,(H2,21,22,23). The summed E-state index contributed by atoms with van der Waals surface area (Å²) in [6, 6.07) is 6.29. The van der Waals surface area contributed by atoms with Crippen LogP contribution in [0.5, 0.6) is 5.75 Å². The second-order valence-corrected chi connectivity index (χ2v) is 6.67. The highest BCUT2D eigenvalue weighted by atomic mass is 16.5. The van der Waals surface area contributed by atoms with Crippen LogP contribution in [0.3, 0.4) is 0 Å². The summed E-state index contributed by atoms with van der Waals surface area (Å²) in [5.74, 6) is 1.79. The Bertz CT molecular complexity index is 536. The molecule has 0 aromatic heterocycles. The van der Waals surface area contributed by atoms with E-state index in [0.29, 0.717) is 6.61 Å². The summed E-state index contributed by atoms with van der Waals surface area (Å²) in [4.78, 5) is 7.09. The van der Waals surface area contributed by atoms with Gasteiger partial charge in [0, 0.05) is 32.7 Å². The van der Waals surface area contributed by atoms with Crippen molar-refractivity contribution in [2.24, 2.45) is 4.99 Å². The van der Waals surface area contributed by atoms with Crippen molar-refractivity contribution < 1.29 is 9.47 Å². The van der Waals surface area contributed by atoms with E-state index in [-0.39, 0.29) is 0 Å². The molecule has 6 nitrogen and oxygen atoms in total. The Morgan fingerprint density at radius 1 is 1.15 bits per heavy atom. The van der Waals surface area contributed by atoms with E-state index in [1.807, 2.05) is 0 Å². The van der Waals surface area contributed by atoms with E-state index in [4.69, 9.17) is 9.47 Å². The third-order valence-corrected chi connectivity index (χ3v) is 4.21. The monoisotopic (exact) mass is 362 g/mol. The second kappa shape index (κ2) is 11.8. The van der Waals surface area contributed by atoms with Crippen molar-refractivity contribution in [3.8, 4) is 5.75 Å². The molecule has 1 aliphatic rings. The minimum Gasteiger partial charge on any atom is -0.492 e. The molecule has 2 N–H and O–H groups in total. The summed E-state index contributed by atoms with van der Waals surface area (Å²) >= 11 is 0.